The first-order valence-electron chi connectivity index (χ1n) is 5.07. The Hall–Kier alpha value is -1.76. The van der Waals surface area contributed by atoms with Crippen LogP contribution in [0.5, 0.6) is 5.75 Å². The first-order valence-corrected chi connectivity index (χ1v) is 5.07. The highest BCUT2D eigenvalue weighted by atomic mass is 19.4. The van der Waals surface area contributed by atoms with Gasteiger partial charge in [0, 0.05) is 5.56 Å². The second kappa shape index (κ2) is 3.88. The lowest BCUT2D eigenvalue weighted by atomic mass is 9.96. The second-order valence-electron chi connectivity index (χ2n) is 4.11. The van der Waals surface area contributed by atoms with Crippen molar-refractivity contribution in [2.75, 3.05) is 0 Å². The van der Waals surface area contributed by atoms with E-state index in [1.165, 1.54) is 18.2 Å². The van der Waals surface area contributed by atoms with Crippen molar-refractivity contribution in [1.82, 2.24) is 0 Å². The van der Waals surface area contributed by atoms with Gasteiger partial charge in [0.05, 0.1) is 12.1 Å². The Kier molecular flexibility index (Phi) is 2.73. The maximum Gasteiger partial charge on any atom is 0.455 e. The zero-order valence-electron chi connectivity index (χ0n) is 9.32. The fourth-order valence-electron chi connectivity index (χ4n) is 1.75. The van der Waals surface area contributed by atoms with E-state index in [-0.39, 0.29) is 17.0 Å². The number of aryl methyl sites for hydroxylation is 1. The number of oxime groups is 1. The van der Waals surface area contributed by atoms with Gasteiger partial charge in [-0.2, -0.15) is 13.2 Å². The van der Waals surface area contributed by atoms with E-state index in [1.807, 2.05) is 0 Å². The number of halogens is 3. The van der Waals surface area contributed by atoms with Gasteiger partial charge < -0.3 is 15.1 Å². The first-order chi connectivity index (χ1) is 8.27. The van der Waals surface area contributed by atoms with Gasteiger partial charge in [0.25, 0.3) is 0 Å². The molecule has 0 fully saturated rings. The summed E-state index contributed by atoms with van der Waals surface area (Å²) in [4.78, 5) is 0. The Morgan fingerprint density at radius 1 is 1.39 bits per heavy atom. The van der Waals surface area contributed by atoms with Crippen LogP contribution in [0.25, 0.3) is 0 Å². The van der Waals surface area contributed by atoms with Crippen molar-refractivity contribution in [3.63, 3.8) is 0 Å². The molecule has 0 saturated heterocycles. The van der Waals surface area contributed by atoms with Crippen LogP contribution in [-0.2, 0) is 0 Å². The largest absolute Gasteiger partial charge is 0.455 e. The molecule has 4 nitrogen and oxygen atoms in total. The Labute approximate surface area is 100 Å². The normalized spacial score (nSPS) is 25.7. The number of benzene rings is 1. The average Bonchev–Trinajstić information content (AvgIpc) is 2.27. The lowest BCUT2D eigenvalue weighted by Crippen LogP contribution is -2.54. The van der Waals surface area contributed by atoms with Gasteiger partial charge in [-0.1, -0.05) is 16.8 Å². The van der Waals surface area contributed by atoms with Crippen LogP contribution in [0, 0.1) is 6.92 Å². The van der Waals surface area contributed by atoms with E-state index in [0.29, 0.717) is 0 Å². The molecule has 1 aromatic rings. The van der Waals surface area contributed by atoms with Crippen molar-refractivity contribution in [2.45, 2.75) is 25.3 Å². The topological polar surface area (TPSA) is 62.1 Å². The van der Waals surface area contributed by atoms with Gasteiger partial charge >= 0.3 is 12.0 Å². The molecule has 1 aliphatic rings. The molecule has 18 heavy (non-hydrogen) atoms. The van der Waals surface area contributed by atoms with Gasteiger partial charge in [-0.3, -0.25) is 0 Å². The monoisotopic (exact) mass is 261 g/mol. The Morgan fingerprint density at radius 3 is 2.61 bits per heavy atom. The number of fused-ring (bicyclic) bond motifs is 1. The molecular formula is C11H10F3NO3. The zero-order valence-corrected chi connectivity index (χ0v) is 9.32. The summed E-state index contributed by atoms with van der Waals surface area (Å²) in [6.07, 6.45) is -5.94. The Morgan fingerprint density at radius 2 is 2.06 bits per heavy atom. The number of nitrogens with zero attached hydrogens (tertiary/aromatic N) is 1. The van der Waals surface area contributed by atoms with E-state index in [9.17, 15) is 18.3 Å². The third-order valence-electron chi connectivity index (χ3n) is 2.70. The summed E-state index contributed by atoms with van der Waals surface area (Å²) in [6.45, 7) is 1.74. The molecule has 1 heterocycles. The lowest BCUT2D eigenvalue weighted by molar-refractivity contribution is -0.333. The third-order valence-corrected chi connectivity index (χ3v) is 2.70. The van der Waals surface area contributed by atoms with Gasteiger partial charge in [0.15, 0.2) is 0 Å². The highest BCUT2D eigenvalue weighted by molar-refractivity contribution is 6.04. The van der Waals surface area contributed by atoms with Crippen molar-refractivity contribution in [3.8, 4) is 5.75 Å². The zero-order chi connectivity index (χ0) is 13.6. The molecule has 0 aromatic heterocycles. The lowest BCUT2D eigenvalue weighted by Gasteiger charge is -2.35. The number of hydrogen-bond acceptors (Lipinski definition) is 4. The van der Waals surface area contributed by atoms with E-state index >= 15 is 0 Å². The molecule has 0 saturated carbocycles. The molecule has 7 heteroatoms. The maximum absolute atomic E-state index is 12.7. The summed E-state index contributed by atoms with van der Waals surface area (Å²) < 4.78 is 42.7. The summed E-state index contributed by atoms with van der Waals surface area (Å²) in [5, 5.41) is 21.1. The third kappa shape index (κ3) is 1.90. The number of alkyl halides is 3. The summed E-state index contributed by atoms with van der Waals surface area (Å²) in [7, 11) is 0. The molecule has 1 aliphatic heterocycles. The van der Waals surface area contributed by atoms with Gasteiger partial charge in [-0.25, -0.2) is 0 Å². The van der Waals surface area contributed by atoms with Crippen LogP contribution in [0.4, 0.5) is 13.2 Å². The van der Waals surface area contributed by atoms with E-state index < -0.39 is 18.4 Å². The quantitative estimate of drug-likeness (QED) is 0.556. The molecule has 1 aromatic carbocycles. The molecule has 0 spiro atoms. The molecule has 2 rings (SSSR count). The standard InChI is InChI=1S/C11H10F3NO3/c1-6-2-3-9-7(4-6)8(15-17)5-10(16,18-9)11(12,13)14/h2-4,16-17H,5H2,1H3/t10-/m0/s1. The maximum atomic E-state index is 12.7. The summed E-state index contributed by atoms with van der Waals surface area (Å²) in [5.74, 6) is -3.53. The Balaban J connectivity index is 2.54. The van der Waals surface area contributed by atoms with Crippen molar-refractivity contribution in [3.05, 3.63) is 29.3 Å². The molecule has 98 valence electrons. The molecule has 2 N–H and O–H groups in total. The fourth-order valence-corrected chi connectivity index (χ4v) is 1.75. The van der Waals surface area contributed by atoms with E-state index in [2.05, 4.69) is 9.89 Å². The molecule has 0 radical (unpaired) electrons. The van der Waals surface area contributed by atoms with Gasteiger partial charge in [-0.15, -0.1) is 0 Å². The van der Waals surface area contributed by atoms with Crippen molar-refractivity contribution >= 4 is 5.71 Å². The Bertz CT molecular complexity index is 513. The minimum Gasteiger partial charge on any atom is -0.452 e. The SMILES string of the molecule is Cc1ccc2c(c1)C(=NO)C[C@@](O)(C(F)(F)F)O2. The second-order valence-corrected chi connectivity index (χ2v) is 4.11. The van der Waals surface area contributed by atoms with E-state index in [0.717, 1.165) is 5.56 Å². The molecule has 1 atom stereocenters. The van der Waals surface area contributed by atoms with Crippen LogP contribution in [0.2, 0.25) is 0 Å². The first kappa shape index (κ1) is 12.7. The van der Waals surface area contributed by atoms with Crippen LogP contribution < -0.4 is 4.74 Å². The minimum atomic E-state index is -4.98. The van der Waals surface area contributed by atoms with Crippen molar-refractivity contribution in [2.24, 2.45) is 5.16 Å². The van der Waals surface area contributed by atoms with Crippen LogP contribution in [0.1, 0.15) is 17.5 Å². The van der Waals surface area contributed by atoms with Gasteiger partial charge in [0.2, 0.25) is 0 Å². The summed E-state index contributed by atoms with van der Waals surface area (Å²) in [6, 6.07) is 4.36. The molecule has 0 bridgehead atoms. The summed E-state index contributed by atoms with van der Waals surface area (Å²) >= 11 is 0. The molecule has 0 amide bonds. The number of aliphatic hydroxyl groups is 1. The van der Waals surface area contributed by atoms with Crippen LogP contribution in [0.15, 0.2) is 23.4 Å². The molecular weight excluding hydrogens is 251 g/mol. The van der Waals surface area contributed by atoms with E-state index in [1.54, 1.807) is 6.92 Å². The predicted octanol–water partition coefficient (Wildman–Crippen LogP) is 2.21. The van der Waals surface area contributed by atoms with Crippen LogP contribution >= 0.6 is 0 Å². The van der Waals surface area contributed by atoms with Crippen molar-refractivity contribution < 1.29 is 28.2 Å². The van der Waals surface area contributed by atoms with Crippen LogP contribution in [0.3, 0.4) is 0 Å². The highest BCUT2D eigenvalue weighted by Gasteiger charge is 2.59. The van der Waals surface area contributed by atoms with E-state index in [4.69, 9.17) is 5.21 Å². The predicted molar refractivity (Wildman–Crippen MR) is 55.8 cm³/mol. The van der Waals surface area contributed by atoms with Gasteiger partial charge in [-0.05, 0) is 19.1 Å². The van der Waals surface area contributed by atoms with Crippen molar-refractivity contribution in [1.29, 1.82) is 0 Å². The fraction of sp³-hybridized carbons (Fsp3) is 0.364. The highest BCUT2D eigenvalue weighted by Crippen LogP contribution is 2.41. The van der Waals surface area contributed by atoms with Crippen LogP contribution in [-0.4, -0.2) is 28.0 Å². The smallest absolute Gasteiger partial charge is 0.452 e. The molecule has 0 aliphatic carbocycles. The average molecular weight is 261 g/mol. The number of hydrogen-bond donors (Lipinski definition) is 2. The minimum absolute atomic E-state index is 0.167. The number of ether oxygens (including phenoxy) is 1. The number of rotatable bonds is 0. The van der Waals surface area contributed by atoms with Gasteiger partial charge in [0.1, 0.15) is 5.75 Å². The molecule has 0 unspecified atom stereocenters. The summed E-state index contributed by atoms with van der Waals surface area (Å²) in [5.41, 5.74) is 0.752.